The Morgan fingerprint density at radius 2 is 2.05 bits per heavy atom. The minimum Gasteiger partial charge on any atom is -0.341 e. The number of rotatable bonds is 8. The first-order valence-electron chi connectivity index (χ1n) is 12.1. The van der Waals surface area contributed by atoms with Crippen LogP contribution in [0.4, 0.5) is 15.1 Å². The van der Waals surface area contributed by atoms with E-state index in [0.29, 0.717) is 45.1 Å². The van der Waals surface area contributed by atoms with Gasteiger partial charge >= 0.3 is 0 Å². The Balaban J connectivity index is 1.13. The summed E-state index contributed by atoms with van der Waals surface area (Å²) in [5.41, 5.74) is 1.77. The molecule has 0 unspecified atom stereocenters. The summed E-state index contributed by atoms with van der Waals surface area (Å²) < 4.78 is 14.4. The molecule has 2 aliphatic rings. The van der Waals surface area contributed by atoms with Crippen molar-refractivity contribution >= 4 is 52.1 Å². The molecule has 0 radical (unpaired) electrons. The van der Waals surface area contributed by atoms with Gasteiger partial charge < -0.3 is 10.2 Å². The molecule has 9 nitrogen and oxygen atoms in total. The van der Waals surface area contributed by atoms with Crippen molar-refractivity contribution in [3.8, 4) is 10.6 Å². The number of nitrogens with one attached hydrogen (secondary N) is 2. The van der Waals surface area contributed by atoms with E-state index in [1.165, 1.54) is 24.5 Å². The molecule has 2 saturated heterocycles. The second-order valence-electron chi connectivity index (χ2n) is 9.08. The molecule has 2 fully saturated rings. The maximum absolute atomic E-state index is 14.4. The maximum atomic E-state index is 14.4. The average Bonchev–Trinajstić information content (AvgIpc) is 3.52. The van der Waals surface area contributed by atoms with E-state index in [-0.39, 0.29) is 16.8 Å². The van der Waals surface area contributed by atoms with Crippen molar-refractivity contribution in [3.63, 3.8) is 0 Å². The minimum absolute atomic E-state index is 0.00260. The number of carbonyl (C=O) groups is 3. The zero-order valence-corrected chi connectivity index (χ0v) is 22.2. The number of carbonyl (C=O) groups excluding carboxylic acids is 3. The number of Topliss-reactive ketones (excluding diaryl/α,β-unsaturated/α-hetero) is 1. The molecule has 0 aromatic carbocycles. The lowest BCUT2D eigenvalue weighted by Gasteiger charge is -2.32. The van der Waals surface area contributed by atoms with Gasteiger partial charge in [0, 0.05) is 31.4 Å². The van der Waals surface area contributed by atoms with Gasteiger partial charge in [0.2, 0.25) is 5.95 Å². The molecule has 0 spiro atoms. The molecule has 5 rings (SSSR count). The molecule has 12 heteroatoms. The topological polar surface area (TPSA) is 117 Å². The Bertz CT molecular complexity index is 1420. The smallest absolute Gasteiger partial charge is 0.290 e. The van der Waals surface area contributed by atoms with Crippen molar-refractivity contribution < 1.29 is 18.8 Å². The Labute approximate surface area is 227 Å². The van der Waals surface area contributed by atoms with E-state index in [0.717, 1.165) is 49.1 Å². The number of pyridine rings is 1. The number of ketones is 1. The largest absolute Gasteiger partial charge is 0.341 e. The predicted molar refractivity (Wildman–Crippen MR) is 145 cm³/mol. The third-order valence-electron chi connectivity index (χ3n) is 6.37. The van der Waals surface area contributed by atoms with Crippen LogP contribution < -0.4 is 15.5 Å². The number of hydrogen-bond donors (Lipinski definition) is 2. The number of aromatic nitrogens is 3. The highest BCUT2D eigenvalue weighted by atomic mass is 32.2. The zero-order chi connectivity index (χ0) is 26.6. The summed E-state index contributed by atoms with van der Waals surface area (Å²) in [4.78, 5) is 51.8. The molecule has 0 saturated carbocycles. The summed E-state index contributed by atoms with van der Waals surface area (Å²) >= 11 is 2.22. The average molecular weight is 553 g/mol. The summed E-state index contributed by atoms with van der Waals surface area (Å²) in [6, 6.07) is 7.05. The summed E-state index contributed by atoms with van der Waals surface area (Å²) in [5.74, 6) is 0.256. The van der Waals surface area contributed by atoms with Crippen LogP contribution in [0.1, 0.15) is 40.7 Å². The molecule has 3 aromatic rings. The monoisotopic (exact) mass is 552 g/mol. The zero-order valence-electron chi connectivity index (χ0n) is 20.6. The Morgan fingerprint density at radius 3 is 2.76 bits per heavy atom. The molecular formula is C26H25FN6O3S2. The molecule has 38 heavy (non-hydrogen) atoms. The van der Waals surface area contributed by atoms with Crippen LogP contribution in [0.5, 0.6) is 0 Å². The summed E-state index contributed by atoms with van der Waals surface area (Å²) in [6.45, 7) is 4.23. The quantitative estimate of drug-likeness (QED) is 0.312. The fraction of sp³-hybridized carbons (Fsp3) is 0.308. The minimum atomic E-state index is -0.412. The van der Waals surface area contributed by atoms with Gasteiger partial charge in [0.1, 0.15) is 5.82 Å². The van der Waals surface area contributed by atoms with Crippen LogP contribution in [0.15, 0.2) is 41.6 Å². The number of anilines is 1. The Kier molecular flexibility index (Phi) is 7.91. The highest BCUT2D eigenvalue weighted by Gasteiger charge is 2.26. The molecule has 3 aromatic heterocycles. The molecule has 0 atom stereocenters. The van der Waals surface area contributed by atoms with Gasteiger partial charge in [-0.2, -0.15) is 0 Å². The highest BCUT2D eigenvalue weighted by molar-refractivity contribution is 8.18. The molecule has 0 bridgehead atoms. The van der Waals surface area contributed by atoms with Gasteiger partial charge in [-0.1, -0.05) is 0 Å². The fourth-order valence-electron chi connectivity index (χ4n) is 4.31. The lowest BCUT2D eigenvalue weighted by molar-refractivity contribution is -0.115. The first-order valence-corrected chi connectivity index (χ1v) is 13.8. The number of amides is 2. The van der Waals surface area contributed by atoms with Crippen molar-refractivity contribution in [1.29, 1.82) is 0 Å². The Hall–Kier alpha value is -3.48. The lowest BCUT2D eigenvalue weighted by atomic mass is 9.97. The number of imide groups is 1. The number of thioether (sulfide) groups is 1. The van der Waals surface area contributed by atoms with Crippen molar-refractivity contribution in [2.45, 2.75) is 26.3 Å². The van der Waals surface area contributed by atoms with Crippen LogP contribution >= 0.6 is 23.1 Å². The second-order valence-corrected chi connectivity index (χ2v) is 11.2. The normalized spacial score (nSPS) is 17.3. The number of halogens is 1. The lowest BCUT2D eigenvalue weighted by Crippen LogP contribution is -2.38. The molecule has 2 amide bonds. The van der Waals surface area contributed by atoms with Crippen molar-refractivity contribution in [2.75, 3.05) is 24.5 Å². The van der Waals surface area contributed by atoms with Crippen molar-refractivity contribution in [3.05, 3.63) is 63.5 Å². The summed E-state index contributed by atoms with van der Waals surface area (Å²) in [7, 11) is 0. The first kappa shape index (κ1) is 26.1. The van der Waals surface area contributed by atoms with Crippen LogP contribution in [-0.2, 0) is 11.3 Å². The second kappa shape index (κ2) is 11.5. The van der Waals surface area contributed by atoms with Crippen LogP contribution in [0.25, 0.3) is 16.6 Å². The molecular weight excluding hydrogens is 527 g/mol. The van der Waals surface area contributed by atoms with E-state index in [9.17, 15) is 18.8 Å². The van der Waals surface area contributed by atoms with Crippen molar-refractivity contribution in [2.24, 2.45) is 5.92 Å². The third kappa shape index (κ3) is 6.14. The Morgan fingerprint density at radius 1 is 1.24 bits per heavy atom. The van der Waals surface area contributed by atoms with Crippen LogP contribution in [0, 0.1) is 11.7 Å². The molecule has 2 N–H and O–H groups in total. The first-order chi connectivity index (χ1) is 18.4. The predicted octanol–water partition coefficient (Wildman–Crippen LogP) is 4.27. The van der Waals surface area contributed by atoms with Gasteiger partial charge in [0.15, 0.2) is 5.78 Å². The van der Waals surface area contributed by atoms with Crippen LogP contribution in [0.2, 0.25) is 0 Å². The summed E-state index contributed by atoms with van der Waals surface area (Å²) in [6.07, 6.45) is 6.34. The molecule has 0 aliphatic carbocycles. The number of hydrogen-bond acceptors (Lipinski definition) is 10. The van der Waals surface area contributed by atoms with E-state index in [1.807, 2.05) is 6.07 Å². The van der Waals surface area contributed by atoms with Gasteiger partial charge in [-0.25, -0.2) is 14.4 Å². The van der Waals surface area contributed by atoms with E-state index < -0.39 is 5.91 Å². The SMILES string of the molecule is CC(=O)c1ccc(-c2cc(CNCC3CCN(c4nccc(C=C5SC(=O)NC5=O)n4)CC3)c(F)cn2)s1. The van der Waals surface area contributed by atoms with E-state index in [1.54, 1.807) is 30.5 Å². The van der Waals surface area contributed by atoms with Crippen LogP contribution in [0.3, 0.4) is 0 Å². The van der Waals surface area contributed by atoms with E-state index >= 15 is 0 Å². The van der Waals surface area contributed by atoms with E-state index in [2.05, 4.69) is 30.5 Å². The number of thiophene rings is 1. The van der Waals surface area contributed by atoms with E-state index in [4.69, 9.17) is 0 Å². The third-order valence-corrected chi connectivity index (χ3v) is 8.39. The van der Waals surface area contributed by atoms with Gasteiger partial charge in [0.05, 0.1) is 32.2 Å². The van der Waals surface area contributed by atoms with Gasteiger partial charge in [-0.05, 0) is 74.3 Å². The molecule has 5 heterocycles. The van der Waals surface area contributed by atoms with Crippen molar-refractivity contribution in [1.82, 2.24) is 25.6 Å². The number of piperidine rings is 1. The maximum Gasteiger partial charge on any atom is 0.290 e. The van der Waals surface area contributed by atoms with Gasteiger partial charge in [-0.3, -0.25) is 24.7 Å². The molecule has 196 valence electrons. The standard InChI is InChI=1S/C26H25FN6O3S2/c1-15(34)21-2-3-22(37-21)20-10-17(19(27)14-30-20)13-28-12-16-5-8-33(9-6-16)25-29-7-4-18(31-25)11-23-24(35)32-26(36)38-23/h2-4,7,10-11,14,16,28H,5-6,8-9,12-13H2,1H3,(H,32,35,36). The highest BCUT2D eigenvalue weighted by Crippen LogP contribution is 2.29. The van der Waals surface area contributed by atoms with Crippen LogP contribution in [-0.4, -0.2) is 51.5 Å². The molecule has 2 aliphatic heterocycles. The fourth-order valence-corrected chi connectivity index (χ4v) is 5.85. The number of nitrogens with zero attached hydrogens (tertiary/aromatic N) is 4. The van der Waals surface area contributed by atoms with Gasteiger partial charge in [-0.15, -0.1) is 11.3 Å². The summed E-state index contributed by atoms with van der Waals surface area (Å²) in [5, 5.41) is 5.23. The van der Waals surface area contributed by atoms with Gasteiger partial charge in [0.25, 0.3) is 11.1 Å².